The summed E-state index contributed by atoms with van der Waals surface area (Å²) in [6, 6.07) is -0.0130. The smallest absolute Gasteiger partial charge is 0.224 e. The first-order chi connectivity index (χ1) is 8.16. The summed E-state index contributed by atoms with van der Waals surface area (Å²) in [5, 5.41) is 13.7. The van der Waals surface area contributed by atoms with Gasteiger partial charge in [-0.3, -0.25) is 0 Å². The SMILES string of the molecule is OC1CCCCCC1Nc1nc(Cl)ncc1Cl. The van der Waals surface area contributed by atoms with E-state index in [9.17, 15) is 5.11 Å². The van der Waals surface area contributed by atoms with Crippen LogP contribution < -0.4 is 5.32 Å². The number of hydrogen-bond acceptors (Lipinski definition) is 4. The van der Waals surface area contributed by atoms with E-state index in [1.54, 1.807) is 0 Å². The number of anilines is 1. The highest BCUT2D eigenvalue weighted by Crippen LogP contribution is 2.25. The first-order valence-corrected chi connectivity index (χ1v) is 6.55. The highest BCUT2D eigenvalue weighted by molar-refractivity contribution is 6.33. The Morgan fingerprint density at radius 1 is 1.24 bits per heavy atom. The van der Waals surface area contributed by atoms with Crippen LogP contribution in [0, 0.1) is 0 Å². The average molecular weight is 276 g/mol. The van der Waals surface area contributed by atoms with Crippen LogP contribution >= 0.6 is 23.2 Å². The van der Waals surface area contributed by atoms with Crippen molar-refractivity contribution in [2.24, 2.45) is 0 Å². The molecule has 2 rings (SSSR count). The van der Waals surface area contributed by atoms with E-state index >= 15 is 0 Å². The lowest BCUT2D eigenvalue weighted by molar-refractivity contribution is 0.144. The molecule has 1 saturated carbocycles. The van der Waals surface area contributed by atoms with Gasteiger partial charge in [-0.05, 0) is 24.4 Å². The molecular formula is C11H15Cl2N3O. The average Bonchev–Trinajstić information content (AvgIpc) is 2.50. The van der Waals surface area contributed by atoms with Gasteiger partial charge >= 0.3 is 0 Å². The minimum atomic E-state index is -0.359. The summed E-state index contributed by atoms with van der Waals surface area (Å²) in [7, 11) is 0. The Hall–Kier alpha value is -0.580. The lowest BCUT2D eigenvalue weighted by Crippen LogP contribution is -2.32. The van der Waals surface area contributed by atoms with Crippen molar-refractivity contribution in [3.05, 3.63) is 16.5 Å². The van der Waals surface area contributed by atoms with Gasteiger partial charge in [0.05, 0.1) is 18.3 Å². The number of nitrogens with zero attached hydrogens (tertiary/aromatic N) is 2. The van der Waals surface area contributed by atoms with E-state index in [1.807, 2.05) is 0 Å². The molecule has 0 spiro atoms. The number of rotatable bonds is 2. The van der Waals surface area contributed by atoms with Gasteiger partial charge < -0.3 is 10.4 Å². The zero-order valence-corrected chi connectivity index (χ0v) is 10.9. The Morgan fingerprint density at radius 3 is 2.82 bits per heavy atom. The van der Waals surface area contributed by atoms with E-state index in [1.165, 1.54) is 6.20 Å². The molecule has 17 heavy (non-hydrogen) atoms. The fourth-order valence-electron chi connectivity index (χ4n) is 2.08. The molecule has 1 aliphatic rings. The number of nitrogens with one attached hydrogen (secondary N) is 1. The molecule has 6 heteroatoms. The van der Waals surface area contributed by atoms with Crippen LogP contribution in [-0.4, -0.2) is 27.2 Å². The van der Waals surface area contributed by atoms with Crippen LogP contribution in [0.25, 0.3) is 0 Å². The molecule has 2 atom stereocenters. The van der Waals surface area contributed by atoms with Crippen molar-refractivity contribution in [3.63, 3.8) is 0 Å². The van der Waals surface area contributed by atoms with Crippen LogP contribution in [-0.2, 0) is 0 Å². The first-order valence-electron chi connectivity index (χ1n) is 5.79. The van der Waals surface area contributed by atoms with Crippen LogP contribution in [0.3, 0.4) is 0 Å². The monoisotopic (exact) mass is 275 g/mol. The zero-order valence-electron chi connectivity index (χ0n) is 9.37. The van der Waals surface area contributed by atoms with Crippen molar-refractivity contribution in [2.45, 2.75) is 44.2 Å². The standard InChI is InChI=1S/C11H15Cl2N3O/c12-7-6-14-11(13)16-10(7)15-8-4-2-1-3-5-9(8)17/h6,8-9,17H,1-5H2,(H,14,15,16). The van der Waals surface area contributed by atoms with E-state index in [2.05, 4.69) is 15.3 Å². The molecule has 1 aliphatic carbocycles. The van der Waals surface area contributed by atoms with Gasteiger partial charge in [-0.15, -0.1) is 0 Å². The Labute approximate surface area is 110 Å². The largest absolute Gasteiger partial charge is 0.391 e. The molecule has 2 N–H and O–H groups in total. The maximum Gasteiger partial charge on any atom is 0.224 e. The molecule has 0 saturated heterocycles. The summed E-state index contributed by atoms with van der Waals surface area (Å²) in [4.78, 5) is 7.82. The van der Waals surface area contributed by atoms with Gasteiger partial charge in [-0.2, -0.15) is 4.98 Å². The van der Waals surface area contributed by atoms with Crippen molar-refractivity contribution in [3.8, 4) is 0 Å². The van der Waals surface area contributed by atoms with E-state index in [4.69, 9.17) is 23.2 Å². The van der Waals surface area contributed by atoms with Crippen LogP contribution in [0.5, 0.6) is 0 Å². The van der Waals surface area contributed by atoms with E-state index in [0.717, 1.165) is 32.1 Å². The predicted molar refractivity (Wildman–Crippen MR) is 68.6 cm³/mol. The summed E-state index contributed by atoms with van der Waals surface area (Å²) >= 11 is 11.7. The first kappa shape index (κ1) is 12.9. The summed E-state index contributed by atoms with van der Waals surface area (Å²) in [6.45, 7) is 0. The topological polar surface area (TPSA) is 58.0 Å². The molecule has 4 nitrogen and oxygen atoms in total. The molecule has 0 bridgehead atoms. The van der Waals surface area contributed by atoms with Gasteiger partial charge in [-0.25, -0.2) is 4.98 Å². The van der Waals surface area contributed by atoms with Gasteiger partial charge in [0.1, 0.15) is 10.8 Å². The normalized spacial score (nSPS) is 25.4. The second kappa shape index (κ2) is 5.85. The second-order valence-corrected chi connectivity index (χ2v) is 5.04. The van der Waals surface area contributed by atoms with Crippen LogP contribution in [0.15, 0.2) is 6.20 Å². The third-order valence-corrected chi connectivity index (χ3v) is 3.48. The highest BCUT2D eigenvalue weighted by atomic mass is 35.5. The third-order valence-electron chi connectivity index (χ3n) is 3.02. The van der Waals surface area contributed by atoms with E-state index in [-0.39, 0.29) is 17.4 Å². The van der Waals surface area contributed by atoms with E-state index in [0.29, 0.717) is 10.8 Å². The maximum atomic E-state index is 9.99. The molecule has 94 valence electrons. The van der Waals surface area contributed by atoms with Gasteiger partial charge in [0.25, 0.3) is 0 Å². The molecule has 0 radical (unpaired) electrons. The zero-order chi connectivity index (χ0) is 12.3. The van der Waals surface area contributed by atoms with Gasteiger partial charge in [0.2, 0.25) is 5.28 Å². The van der Waals surface area contributed by atoms with Crippen molar-refractivity contribution in [2.75, 3.05) is 5.32 Å². The molecule has 1 aromatic heterocycles. The van der Waals surface area contributed by atoms with Crippen LogP contribution in [0.2, 0.25) is 10.3 Å². The third kappa shape index (κ3) is 3.44. The fourth-order valence-corrected chi connectivity index (χ4v) is 2.36. The Bertz CT molecular complexity index is 389. The fraction of sp³-hybridized carbons (Fsp3) is 0.636. The van der Waals surface area contributed by atoms with Crippen molar-refractivity contribution in [1.82, 2.24) is 9.97 Å². The van der Waals surface area contributed by atoms with Gasteiger partial charge in [0, 0.05) is 0 Å². The molecule has 1 heterocycles. The molecule has 0 aromatic carbocycles. The number of aliphatic hydroxyl groups excluding tert-OH is 1. The molecular weight excluding hydrogens is 261 g/mol. The lowest BCUT2D eigenvalue weighted by atomic mass is 10.1. The second-order valence-electron chi connectivity index (χ2n) is 4.29. The quantitative estimate of drug-likeness (QED) is 0.644. The molecule has 1 fully saturated rings. The summed E-state index contributed by atoms with van der Waals surface area (Å²) in [5.41, 5.74) is 0. The summed E-state index contributed by atoms with van der Waals surface area (Å²) in [5.74, 6) is 0.498. The van der Waals surface area contributed by atoms with Gasteiger partial charge in [-0.1, -0.05) is 30.9 Å². The molecule has 0 aliphatic heterocycles. The van der Waals surface area contributed by atoms with Crippen molar-refractivity contribution >= 4 is 29.0 Å². The number of aliphatic hydroxyl groups is 1. The van der Waals surface area contributed by atoms with E-state index < -0.39 is 0 Å². The Kier molecular flexibility index (Phi) is 4.42. The summed E-state index contributed by atoms with van der Waals surface area (Å²) in [6.07, 6.45) is 6.16. The number of halogens is 2. The highest BCUT2D eigenvalue weighted by Gasteiger charge is 2.22. The van der Waals surface area contributed by atoms with Crippen LogP contribution in [0.1, 0.15) is 32.1 Å². The Balaban J connectivity index is 2.10. The number of aromatic nitrogens is 2. The van der Waals surface area contributed by atoms with Crippen LogP contribution in [0.4, 0.5) is 5.82 Å². The number of hydrogen-bond donors (Lipinski definition) is 2. The Morgan fingerprint density at radius 2 is 2.00 bits per heavy atom. The minimum Gasteiger partial charge on any atom is -0.391 e. The van der Waals surface area contributed by atoms with Crippen molar-refractivity contribution < 1.29 is 5.11 Å². The summed E-state index contributed by atoms with van der Waals surface area (Å²) < 4.78 is 0. The molecule has 2 unspecified atom stereocenters. The maximum absolute atomic E-state index is 9.99. The lowest BCUT2D eigenvalue weighted by Gasteiger charge is -2.22. The van der Waals surface area contributed by atoms with Gasteiger partial charge in [0.15, 0.2) is 0 Å². The predicted octanol–water partition coefficient (Wildman–Crippen LogP) is 2.89. The molecule has 0 amide bonds. The molecule has 1 aromatic rings. The van der Waals surface area contributed by atoms with Crippen molar-refractivity contribution in [1.29, 1.82) is 0 Å². The minimum absolute atomic E-state index is 0.0130.